The maximum Gasteiger partial charge on any atom is 0.302 e. The maximum absolute atomic E-state index is 11.3. The van der Waals surface area contributed by atoms with Crippen LogP contribution < -0.4 is 0 Å². The number of esters is 1. The monoisotopic (exact) mass is 334 g/mol. The van der Waals surface area contributed by atoms with Crippen molar-refractivity contribution in [2.45, 2.75) is 90.3 Å². The molecule has 3 aliphatic carbocycles. The van der Waals surface area contributed by atoms with Gasteiger partial charge in [-0.2, -0.15) is 0 Å². The van der Waals surface area contributed by atoms with Crippen LogP contribution in [0.3, 0.4) is 0 Å². The van der Waals surface area contributed by atoms with Gasteiger partial charge in [0, 0.05) is 13.5 Å². The van der Waals surface area contributed by atoms with Crippen molar-refractivity contribution in [3.05, 3.63) is 0 Å². The van der Waals surface area contributed by atoms with E-state index in [-0.39, 0.29) is 17.7 Å². The molecule has 0 radical (unpaired) electrons. The van der Waals surface area contributed by atoms with E-state index in [1.807, 2.05) is 0 Å². The Hall–Kier alpha value is -0.570. The molecule has 4 fully saturated rings. The van der Waals surface area contributed by atoms with E-state index < -0.39 is 0 Å². The van der Waals surface area contributed by atoms with E-state index in [9.17, 15) is 4.79 Å². The fraction of sp³-hybridized carbons (Fsp3) is 0.952. The summed E-state index contributed by atoms with van der Waals surface area (Å²) in [5, 5.41) is 0. The summed E-state index contributed by atoms with van der Waals surface area (Å²) < 4.78 is 11.9. The first-order valence-corrected chi connectivity index (χ1v) is 10.2. The third kappa shape index (κ3) is 2.62. The Balaban J connectivity index is 1.52. The summed E-state index contributed by atoms with van der Waals surface area (Å²) in [4.78, 5) is 11.3. The Labute approximate surface area is 146 Å². The molecule has 4 aliphatic rings. The lowest BCUT2D eigenvalue weighted by molar-refractivity contribution is -0.198. The van der Waals surface area contributed by atoms with Crippen molar-refractivity contribution in [2.75, 3.05) is 6.61 Å². The van der Waals surface area contributed by atoms with E-state index in [1.54, 1.807) is 6.92 Å². The molecule has 7 atom stereocenters. The molecule has 0 spiro atoms. The van der Waals surface area contributed by atoms with Crippen molar-refractivity contribution in [3.63, 3.8) is 0 Å². The molecule has 3 saturated carbocycles. The molecule has 1 aliphatic heterocycles. The van der Waals surface area contributed by atoms with Gasteiger partial charge in [0.15, 0.2) is 0 Å². The van der Waals surface area contributed by atoms with Gasteiger partial charge in [-0.3, -0.25) is 4.79 Å². The third-order valence-electron chi connectivity index (χ3n) is 8.37. The Morgan fingerprint density at radius 2 is 1.88 bits per heavy atom. The lowest BCUT2D eigenvalue weighted by Crippen LogP contribution is -2.58. The molecule has 0 aromatic heterocycles. The molecule has 0 N–H and O–H groups in total. The number of carbonyl (C=O) groups excluding carboxylic acids is 1. The van der Waals surface area contributed by atoms with Crippen LogP contribution in [0.15, 0.2) is 0 Å². The smallest absolute Gasteiger partial charge is 0.302 e. The zero-order chi connectivity index (χ0) is 16.9. The SMILES string of the molecule is CC(=O)O[C@H]1CC[C@@]2(C)[C@@H](CC[C@@H]3[C@@H]2CC[C@]2(C)OCCC[C@@H]32)C1. The highest BCUT2D eigenvalue weighted by molar-refractivity contribution is 5.66. The van der Waals surface area contributed by atoms with Gasteiger partial charge in [0.2, 0.25) is 0 Å². The molecule has 1 heterocycles. The molecule has 0 amide bonds. The molecule has 3 nitrogen and oxygen atoms in total. The second-order valence-corrected chi connectivity index (χ2v) is 9.50. The van der Waals surface area contributed by atoms with Crippen molar-refractivity contribution in [1.82, 2.24) is 0 Å². The van der Waals surface area contributed by atoms with Crippen LogP contribution in [0.2, 0.25) is 0 Å². The van der Waals surface area contributed by atoms with Crippen LogP contribution in [0.4, 0.5) is 0 Å². The zero-order valence-electron chi connectivity index (χ0n) is 15.7. The summed E-state index contributed by atoms with van der Waals surface area (Å²) in [7, 11) is 0. The summed E-state index contributed by atoms with van der Waals surface area (Å²) in [6.07, 6.45) is 11.4. The van der Waals surface area contributed by atoms with Gasteiger partial charge >= 0.3 is 5.97 Å². The van der Waals surface area contributed by atoms with Crippen LogP contribution in [0, 0.1) is 29.1 Å². The largest absolute Gasteiger partial charge is 0.463 e. The predicted octanol–water partition coefficient (Wildman–Crippen LogP) is 4.73. The van der Waals surface area contributed by atoms with Crippen molar-refractivity contribution in [1.29, 1.82) is 0 Å². The van der Waals surface area contributed by atoms with E-state index in [2.05, 4.69) is 13.8 Å². The first-order valence-electron chi connectivity index (χ1n) is 10.2. The summed E-state index contributed by atoms with van der Waals surface area (Å²) in [5.74, 6) is 3.12. The van der Waals surface area contributed by atoms with Crippen molar-refractivity contribution >= 4 is 5.97 Å². The molecule has 24 heavy (non-hydrogen) atoms. The molecule has 1 saturated heterocycles. The number of carbonyl (C=O) groups is 1. The molecular formula is C21H34O3. The quantitative estimate of drug-likeness (QED) is 0.650. The second-order valence-electron chi connectivity index (χ2n) is 9.50. The first-order chi connectivity index (χ1) is 11.4. The van der Waals surface area contributed by atoms with E-state index in [4.69, 9.17) is 9.47 Å². The number of rotatable bonds is 1. The molecule has 0 bridgehead atoms. The lowest BCUT2D eigenvalue weighted by atomic mass is 9.46. The molecule has 136 valence electrons. The van der Waals surface area contributed by atoms with Gasteiger partial charge in [0.25, 0.3) is 0 Å². The van der Waals surface area contributed by atoms with Crippen molar-refractivity contribution < 1.29 is 14.3 Å². The minimum Gasteiger partial charge on any atom is -0.463 e. The van der Waals surface area contributed by atoms with E-state index in [1.165, 1.54) is 44.9 Å². The van der Waals surface area contributed by atoms with Crippen LogP contribution in [0.5, 0.6) is 0 Å². The number of ether oxygens (including phenoxy) is 2. The molecule has 0 aromatic rings. The number of hydrogen-bond acceptors (Lipinski definition) is 3. The van der Waals surface area contributed by atoms with E-state index >= 15 is 0 Å². The number of hydrogen-bond donors (Lipinski definition) is 0. The maximum atomic E-state index is 11.3. The summed E-state index contributed by atoms with van der Waals surface area (Å²) in [6, 6.07) is 0. The van der Waals surface area contributed by atoms with Crippen LogP contribution >= 0.6 is 0 Å². The summed E-state index contributed by atoms with van der Waals surface area (Å²) in [6.45, 7) is 7.47. The Morgan fingerprint density at radius 1 is 1.04 bits per heavy atom. The van der Waals surface area contributed by atoms with Gasteiger partial charge < -0.3 is 9.47 Å². The second kappa shape index (κ2) is 6.00. The normalized spacial score (nSPS) is 51.0. The molecule has 3 heteroatoms. The van der Waals surface area contributed by atoms with E-state index in [0.717, 1.165) is 43.1 Å². The fourth-order valence-corrected chi connectivity index (χ4v) is 7.15. The zero-order valence-corrected chi connectivity index (χ0v) is 15.7. The average Bonchev–Trinajstić information content (AvgIpc) is 2.54. The van der Waals surface area contributed by atoms with Gasteiger partial charge in [-0.25, -0.2) is 0 Å². The summed E-state index contributed by atoms with van der Waals surface area (Å²) in [5.41, 5.74) is 0.607. The van der Waals surface area contributed by atoms with Gasteiger partial charge in [-0.05, 0) is 93.8 Å². The Bertz CT molecular complexity index is 503. The van der Waals surface area contributed by atoms with Crippen LogP contribution in [-0.2, 0) is 14.3 Å². The van der Waals surface area contributed by atoms with Gasteiger partial charge in [-0.1, -0.05) is 6.92 Å². The van der Waals surface area contributed by atoms with Crippen LogP contribution in [-0.4, -0.2) is 24.3 Å². The predicted molar refractivity (Wildman–Crippen MR) is 93.5 cm³/mol. The van der Waals surface area contributed by atoms with Crippen LogP contribution in [0.1, 0.15) is 78.6 Å². The summed E-state index contributed by atoms with van der Waals surface area (Å²) >= 11 is 0. The highest BCUT2D eigenvalue weighted by Crippen LogP contribution is 2.63. The van der Waals surface area contributed by atoms with Gasteiger partial charge in [0.1, 0.15) is 6.10 Å². The first kappa shape index (κ1) is 16.9. The average molecular weight is 335 g/mol. The Kier molecular flexibility index (Phi) is 4.22. The van der Waals surface area contributed by atoms with Gasteiger partial charge in [0.05, 0.1) is 5.60 Å². The van der Waals surface area contributed by atoms with E-state index in [0.29, 0.717) is 5.41 Å². The highest BCUT2D eigenvalue weighted by atomic mass is 16.5. The Morgan fingerprint density at radius 3 is 2.67 bits per heavy atom. The molecule has 4 rings (SSSR count). The van der Waals surface area contributed by atoms with Crippen LogP contribution in [0.25, 0.3) is 0 Å². The minimum absolute atomic E-state index is 0.106. The highest BCUT2D eigenvalue weighted by Gasteiger charge is 2.58. The molecule has 0 unspecified atom stereocenters. The third-order valence-corrected chi connectivity index (χ3v) is 8.37. The topological polar surface area (TPSA) is 35.5 Å². The molecular weight excluding hydrogens is 300 g/mol. The van der Waals surface area contributed by atoms with Crippen molar-refractivity contribution in [2.24, 2.45) is 29.1 Å². The standard InChI is InChI=1S/C21H34O3/c1-14(22)24-16-8-10-20(2)15(13-16)6-7-17-18(20)9-11-21(3)19(17)5-4-12-23-21/h15-19H,4-13H2,1-3H3/t15-,16-,17+,18-,19-,20-,21-/m0/s1. The number of fused-ring (bicyclic) bond motifs is 5. The minimum atomic E-state index is -0.106. The molecule has 0 aromatic carbocycles. The van der Waals surface area contributed by atoms with Crippen molar-refractivity contribution in [3.8, 4) is 0 Å². The van der Waals surface area contributed by atoms with Gasteiger partial charge in [-0.15, -0.1) is 0 Å². The fourth-order valence-electron chi connectivity index (χ4n) is 7.15. The lowest BCUT2D eigenvalue weighted by Gasteiger charge is -2.62.